The zero-order chi connectivity index (χ0) is 28.7. The number of aliphatic hydroxyl groups is 1. The van der Waals surface area contributed by atoms with Crippen molar-refractivity contribution in [2.45, 2.75) is 45.8 Å². The highest BCUT2D eigenvalue weighted by Gasteiger charge is 2.24. The summed E-state index contributed by atoms with van der Waals surface area (Å²) in [5, 5.41) is 27.4. The summed E-state index contributed by atoms with van der Waals surface area (Å²) in [4.78, 5) is 4.90. The van der Waals surface area contributed by atoms with Crippen molar-refractivity contribution in [3.63, 3.8) is 0 Å². The molecule has 41 heavy (non-hydrogen) atoms. The minimum absolute atomic E-state index is 0.237. The van der Waals surface area contributed by atoms with Gasteiger partial charge in [-0.2, -0.15) is 15.3 Å². The lowest BCUT2D eigenvalue weighted by Gasteiger charge is -2.12. The zero-order valence-corrected chi connectivity index (χ0v) is 24.1. The summed E-state index contributed by atoms with van der Waals surface area (Å²) < 4.78 is 11.0. The minimum atomic E-state index is -0.651. The van der Waals surface area contributed by atoms with E-state index >= 15 is 0 Å². The van der Waals surface area contributed by atoms with E-state index in [9.17, 15) is 5.11 Å². The summed E-state index contributed by atoms with van der Waals surface area (Å²) >= 11 is 0. The van der Waals surface area contributed by atoms with E-state index in [0.717, 1.165) is 50.2 Å². The van der Waals surface area contributed by atoms with Crippen LogP contribution in [0.15, 0.2) is 67.0 Å². The number of benzene rings is 2. The van der Waals surface area contributed by atoms with Crippen LogP contribution in [0.25, 0.3) is 38.9 Å². The van der Waals surface area contributed by atoms with Gasteiger partial charge in [-0.25, -0.2) is 9.67 Å². The van der Waals surface area contributed by atoms with E-state index < -0.39 is 6.10 Å². The van der Waals surface area contributed by atoms with Crippen molar-refractivity contribution in [3.05, 3.63) is 89.5 Å². The normalized spacial score (nSPS) is 12.7. The molecule has 0 saturated carbocycles. The van der Waals surface area contributed by atoms with Crippen LogP contribution in [-0.4, -0.2) is 53.1 Å². The van der Waals surface area contributed by atoms with Crippen LogP contribution in [0.1, 0.15) is 48.4 Å². The average Bonchev–Trinajstić information content (AvgIpc) is 3.64. The molecule has 210 valence electrons. The van der Waals surface area contributed by atoms with Gasteiger partial charge in [-0.15, -0.1) is 0 Å². The van der Waals surface area contributed by atoms with Gasteiger partial charge in [0.05, 0.1) is 41.8 Å². The standard InChI is InChI=1S/C32H35N7O2/c1-20(2)30-21(3)39(28-16-23-17-37(4)36-32(23)33-27(28)14-15-41-5)35-31(30)24-12-9-13-26-25(24)18-38(34-26)19-29(40)22-10-7-6-8-11-22/h6-13,16-18,20,29,40H,14-15,19H2,1-5H3/t29-/m0/s1. The van der Waals surface area contributed by atoms with Crippen molar-refractivity contribution in [2.24, 2.45) is 7.05 Å². The van der Waals surface area contributed by atoms with E-state index in [1.807, 2.05) is 71.3 Å². The summed E-state index contributed by atoms with van der Waals surface area (Å²) in [5.74, 6) is 0.237. The van der Waals surface area contributed by atoms with Crippen LogP contribution in [-0.2, 0) is 24.8 Å². The van der Waals surface area contributed by atoms with Crippen molar-refractivity contribution < 1.29 is 9.84 Å². The Balaban J connectivity index is 1.47. The first kappa shape index (κ1) is 26.9. The Morgan fingerprint density at radius 3 is 2.54 bits per heavy atom. The average molecular weight is 550 g/mol. The molecule has 1 atom stereocenters. The number of fused-ring (bicyclic) bond motifs is 2. The van der Waals surface area contributed by atoms with Gasteiger partial charge in [-0.1, -0.05) is 56.3 Å². The minimum Gasteiger partial charge on any atom is -0.386 e. The number of hydrogen-bond donors (Lipinski definition) is 1. The van der Waals surface area contributed by atoms with Gasteiger partial charge in [0.25, 0.3) is 0 Å². The van der Waals surface area contributed by atoms with E-state index in [4.69, 9.17) is 19.9 Å². The first-order chi connectivity index (χ1) is 19.8. The molecule has 0 aliphatic carbocycles. The summed E-state index contributed by atoms with van der Waals surface area (Å²) in [6, 6.07) is 17.9. The Kier molecular flexibility index (Phi) is 7.15. The molecule has 0 radical (unpaired) electrons. The predicted octanol–water partition coefficient (Wildman–Crippen LogP) is 5.53. The van der Waals surface area contributed by atoms with Crippen molar-refractivity contribution >= 4 is 21.9 Å². The van der Waals surface area contributed by atoms with Crippen molar-refractivity contribution in [1.29, 1.82) is 0 Å². The summed E-state index contributed by atoms with van der Waals surface area (Å²) in [6.07, 6.45) is 3.99. The van der Waals surface area contributed by atoms with E-state index in [2.05, 4.69) is 38.0 Å². The molecule has 0 unspecified atom stereocenters. The molecule has 6 rings (SSSR count). The molecule has 0 fully saturated rings. The monoisotopic (exact) mass is 549 g/mol. The first-order valence-electron chi connectivity index (χ1n) is 14.0. The summed E-state index contributed by atoms with van der Waals surface area (Å²) in [6.45, 7) is 7.44. The summed E-state index contributed by atoms with van der Waals surface area (Å²) in [5.41, 5.74) is 8.47. The van der Waals surface area contributed by atoms with Crippen molar-refractivity contribution in [1.82, 2.24) is 34.3 Å². The molecule has 6 aromatic rings. The maximum atomic E-state index is 10.8. The lowest BCUT2D eigenvalue weighted by atomic mass is 9.95. The van der Waals surface area contributed by atoms with Gasteiger partial charge in [0.1, 0.15) is 0 Å². The molecular formula is C32H35N7O2. The molecule has 2 aromatic carbocycles. The third-order valence-corrected chi connectivity index (χ3v) is 7.57. The SMILES string of the molecule is COCCc1nc2nn(C)cc2cc1-n1nc(-c2cccc3nn(C[C@H](O)c4ccccc4)cc23)c(C(C)C)c1C. The zero-order valence-electron chi connectivity index (χ0n) is 24.1. The second-order valence-corrected chi connectivity index (χ2v) is 10.8. The predicted molar refractivity (Wildman–Crippen MR) is 160 cm³/mol. The van der Waals surface area contributed by atoms with Crippen molar-refractivity contribution in [2.75, 3.05) is 13.7 Å². The number of aliphatic hydroxyl groups excluding tert-OH is 1. The second-order valence-electron chi connectivity index (χ2n) is 10.8. The number of aryl methyl sites for hydroxylation is 1. The molecule has 1 N–H and O–H groups in total. The molecular weight excluding hydrogens is 514 g/mol. The topological polar surface area (TPSA) is 95.8 Å². The van der Waals surface area contributed by atoms with Crippen LogP contribution in [0.2, 0.25) is 0 Å². The molecule has 0 aliphatic heterocycles. The molecule has 4 heterocycles. The van der Waals surface area contributed by atoms with Gasteiger partial charge >= 0.3 is 0 Å². The Labute approximate surface area is 239 Å². The number of rotatable bonds is 9. The molecule has 9 nitrogen and oxygen atoms in total. The Hall–Kier alpha value is -4.34. The van der Waals surface area contributed by atoms with E-state index in [1.54, 1.807) is 11.8 Å². The number of methoxy groups -OCH3 is 1. The fourth-order valence-electron chi connectivity index (χ4n) is 5.65. The Morgan fingerprint density at radius 2 is 1.78 bits per heavy atom. The van der Waals surface area contributed by atoms with Gasteiger partial charge in [-0.3, -0.25) is 9.36 Å². The highest BCUT2D eigenvalue weighted by atomic mass is 16.5. The van der Waals surface area contributed by atoms with Crippen LogP contribution in [0.5, 0.6) is 0 Å². The van der Waals surface area contributed by atoms with Crippen LogP contribution >= 0.6 is 0 Å². The fraction of sp³-hybridized carbons (Fsp3) is 0.312. The smallest absolute Gasteiger partial charge is 0.181 e. The number of nitrogens with zero attached hydrogens (tertiary/aromatic N) is 7. The van der Waals surface area contributed by atoms with Crippen LogP contribution < -0.4 is 0 Å². The first-order valence-corrected chi connectivity index (χ1v) is 14.0. The van der Waals surface area contributed by atoms with Crippen LogP contribution in [0, 0.1) is 6.92 Å². The molecule has 9 heteroatoms. The van der Waals surface area contributed by atoms with Gasteiger partial charge in [0, 0.05) is 60.6 Å². The van der Waals surface area contributed by atoms with Gasteiger partial charge in [0.2, 0.25) is 0 Å². The Morgan fingerprint density at radius 1 is 0.976 bits per heavy atom. The van der Waals surface area contributed by atoms with Crippen molar-refractivity contribution in [3.8, 4) is 16.9 Å². The molecule has 0 bridgehead atoms. The van der Waals surface area contributed by atoms with Crippen LogP contribution in [0.3, 0.4) is 0 Å². The van der Waals surface area contributed by atoms with E-state index in [1.165, 1.54) is 5.56 Å². The third kappa shape index (κ3) is 5.03. The maximum Gasteiger partial charge on any atom is 0.181 e. The molecule has 0 amide bonds. The number of aromatic nitrogens is 7. The molecule has 4 aromatic heterocycles. The largest absolute Gasteiger partial charge is 0.386 e. The second kappa shape index (κ2) is 10.9. The van der Waals surface area contributed by atoms with Gasteiger partial charge < -0.3 is 9.84 Å². The Bertz CT molecular complexity index is 1830. The molecule has 0 saturated heterocycles. The lowest BCUT2D eigenvalue weighted by molar-refractivity contribution is 0.152. The maximum absolute atomic E-state index is 10.8. The third-order valence-electron chi connectivity index (χ3n) is 7.57. The van der Waals surface area contributed by atoms with E-state index in [-0.39, 0.29) is 5.92 Å². The van der Waals surface area contributed by atoms with E-state index in [0.29, 0.717) is 25.2 Å². The van der Waals surface area contributed by atoms with Gasteiger partial charge in [0.15, 0.2) is 5.65 Å². The molecule has 0 aliphatic rings. The van der Waals surface area contributed by atoms with Crippen LogP contribution in [0.4, 0.5) is 0 Å². The summed E-state index contributed by atoms with van der Waals surface area (Å²) in [7, 11) is 3.61. The fourth-order valence-corrected chi connectivity index (χ4v) is 5.65. The molecule has 0 spiro atoms. The highest BCUT2D eigenvalue weighted by molar-refractivity contribution is 5.94. The quantitative estimate of drug-likeness (QED) is 0.255. The number of pyridine rings is 1. The lowest BCUT2D eigenvalue weighted by Crippen LogP contribution is -2.08. The highest BCUT2D eigenvalue weighted by Crippen LogP contribution is 2.37. The number of hydrogen-bond acceptors (Lipinski definition) is 6. The van der Waals surface area contributed by atoms with Gasteiger partial charge in [-0.05, 0) is 30.5 Å². The number of ether oxygens (including phenoxy) is 1.